The van der Waals surface area contributed by atoms with Crippen molar-refractivity contribution in [1.82, 2.24) is 16.0 Å². The molecular weight excluding hydrogens is 262 g/mol. The smallest absolute Gasteiger partial charge is 0.317 e. The van der Waals surface area contributed by atoms with Gasteiger partial charge < -0.3 is 21.1 Å². The minimum absolute atomic E-state index is 0.102. The summed E-state index contributed by atoms with van der Waals surface area (Å²) in [6.07, 6.45) is 1.64. The van der Waals surface area contributed by atoms with Crippen molar-refractivity contribution in [2.45, 2.75) is 45.2 Å². The van der Waals surface area contributed by atoms with Gasteiger partial charge >= 0.3 is 5.97 Å². The van der Waals surface area contributed by atoms with Crippen molar-refractivity contribution in [2.24, 2.45) is 5.92 Å². The van der Waals surface area contributed by atoms with Gasteiger partial charge in [-0.3, -0.25) is 14.4 Å². The molecule has 7 heteroatoms. The Hall–Kier alpha value is -1.63. The fourth-order valence-electron chi connectivity index (χ4n) is 2.23. The van der Waals surface area contributed by atoms with Gasteiger partial charge in [-0.15, -0.1) is 0 Å². The first-order valence-corrected chi connectivity index (χ1v) is 6.90. The molecule has 0 spiro atoms. The molecule has 4 N–H and O–H groups in total. The molecule has 0 aromatic carbocycles. The third-order valence-electron chi connectivity index (χ3n) is 3.08. The average Bonchev–Trinajstić information content (AvgIpc) is 2.74. The molecular formula is C13H23N3O4. The third-order valence-corrected chi connectivity index (χ3v) is 3.08. The normalized spacial score (nSPS) is 19.8. The lowest BCUT2D eigenvalue weighted by Gasteiger charge is -2.22. The lowest BCUT2D eigenvalue weighted by molar-refractivity contribution is -0.136. The quantitative estimate of drug-likeness (QED) is 0.479. The standard InChI is InChI=1S/C13H23N3O4/c1-8(2)5-9(6-14-7-12(18)19)15-13(20)10-3-4-11(17)16-10/h8-10,14H,3-7H2,1-2H3,(H,15,20)(H,16,17)(H,18,19)/t9-,10-/m0/s1. The maximum atomic E-state index is 12.0. The zero-order valence-corrected chi connectivity index (χ0v) is 11.9. The Kier molecular flexibility index (Phi) is 6.44. The topological polar surface area (TPSA) is 108 Å². The van der Waals surface area contributed by atoms with Crippen LogP contribution in [0.4, 0.5) is 0 Å². The van der Waals surface area contributed by atoms with Gasteiger partial charge in [0.25, 0.3) is 0 Å². The molecule has 0 saturated carbocycles. The van der Waals surface area contributed by atoms with Gasteiger partial charge in [0.05, 0.1) is 6.54 Å². The number of amides is 2. The van der Waals surface area contributed by atoms with Gasteiger partial charge in [0.1, 0.15) is 6.04 Å². The van der Waals surface area contributed by atoms with Gasteiger partial charge in [-0.2, -0.15) is 0 Å². The largest absolute Gasteiger partial charge is 0.480 e. The first-order chi connectivity index (χ1) is 9.38. The molecule has 1 rings (SSSR count). The van der Waals surface area contributed by atoms with Crippen LogP contribution in [0.15, 0.2) is 0 Å². The van der Waals surface area contributed by atoms with Crippen LogP contribution in [-0.4, -0.2) is 48.1 Å². The molecule has 0 radical (unpaired) electrons. The van der Waals surface area contributed by atoms with Gasteiger partial charge in [-0.1, -0.05) is 13.8 Å². The SMILES string of the molecule is CC(C)C[C@@H](CNCC(=O)O)NC(=O)[C@@H]1CCC(=O)N1. The van der Waals surface area contributed by atoms with E-state index < -0.39 is 12.0 Å². The Labute approximate surface area is 118 Å². The number of hydrogen-bond donors (Lipinski definition) is 4. The van der Waals surface area contributed by atoms with Crippen molar-refractivity contribution in [2.75, 3.05) is 13.1 Å². The number of aliphatic carboxylic acids is 1. The van der Waals surface area contributed by atoms with Crippen molar-refractivity contribution in [3.05, 3.63) is 0 Å². The van der Waals surface area contributed by atoms with Gasteiger partial charge in [0.2, 0.25) is 11.8 Å². The molecule has 7 nitrogen and oxygen atoms in total. The van der Waals surface area contributed by atoms with Crippen LogP contribution >= 0.6 is 0 Å². The second kappa shape index (κ2) is 7.84. The van der Waals surface area contributed by atoms with Crippen LogP contribution in [0.2, 0.25) is 0 Å². The highest BCUT2D eigenvalue weighted by atomic mass is 16.4. The summed E-state index contributed by atoms with van der Waals surface area (Å²) >= 11 is 0. The number of carbonyl (C=O) groups excluding carboxylic acids is 2. The first-order valence-electron chi connectivity index (χ1n) is 6.90. The number of hydrogen-bond acceptors (Lipinski definition) is 4. The highest BCUT2D eigenvalue weighted by Gasteiger charge is 2.28. The summed E-state index contributed by atoms with van der Waals surface area (Å²) in [5, 5.41) is 16.9. The van der Waals surface area contributed by atoms with Gasteiger partial charge in [-0.25, -0.2) is 0 Å². The van der Waals surface area contributed by atoms with E-state index in [0.29, 0.717) is 25.3 Å². The van der Waals surface area contributed by atoms with Crippen LogP contribution in [-0.2, 0) is 14.4 Å². The predicted octanol–water partition coefficient (Wildman–Crippen LogP) is -0.530. The van der Waals surface area contributed by atoms with Crippen molar-refractivity contribution in [1.29, 1.82) is 0 Å². The average molecular weight is 285 g/mol. The lowest BCUT2D eigenvalue weighted by Crippen LogP contribution is -2.50. The Bertz CT molecular complexity index is 371. The van der Waals surface area contributed by atoms with E-state index in [1.165, 1.54) is 0 Å². The van der Waals surface area contributed by atoms with Crippen LogP contribution < -0.4 is 16.0 Å². The maximum absolute atomic E-state index is 12.0. The van der Waals surface area contributed by atoms with E-state index in [-0.39, 0.29) is 24.4 Å². The number of rotatable bonds is 8. The molecule has 1 aliphatic heterocycles. The van der Waals surface area contributed by atoms with E-state index in [4.69, 9.17) is 5.11 Å². The lowest BCUT2D eigenvalue weighted by atomic mass is 10.0. The minimum Gasteiger partial charge on any atom is -0.480 e. The summed E-state index contributed by atoms with van der Waals surface area (Å²) in [6, 6.07) is -0.601. The Morgan fingerprint density at radius 1 is 1.45 bits per heavy atom. The molecule has 0 aromatic rings. The highest BCUT2D eigenvalue weighted by molar-refractivity contribution is 5.90. The molecule has 1 saturated heterocycles. The second-order valence-electron chi connectivity index (χ2n) is 5.52. The fraction of sp³-hybridized carbons (Fsp3) is 0.769. The molecule has 2 atom stereocenters. The Morgan fingerprint density at radius 2 is 2.15 bits per heavy atom. The number of carboxylic acid groups (broad SMARTS) is 1. The van der Waals surface area contributed by atoms with Crippen molar-refractivity contribution in [3.63, 3.8) is 0 Å². The summed E-state index contributed by atoms with van der Waals surface area (Å²) in [7, 11) is 0. The van der Waals surface area contributed by atoms with Crippen molar-refractivity contribution in [3.8, 4) is 0 Å². The third kappa shape index (κ3) is 6.01. The summed E-state index contributed by atoms with van der Waals surface area (Å²) in [5.74, 6) is -0.846. The van der Waals surface area contributed by atoms with E-state index in [1.54, 1.807) is 0 Å². The van der Waals surface area contributed by atoms with E-state index in [1.807, 2.05) is 13.8 Å². The van der Waals surface area contributed by atoms with E-state index in [2.05, 4.69) is 16.0 Å². The Morgan fingerprint density at radius 3 is 2.65 bits per heavy atom. The monoisotopic (exact) mass is 285 g/mol. The van der Waals surface area contributed by atoms with Crippen LogP contribution in [0.1, 0.15) is 33.1 Å². The van der Waals surface area contributed by atoms with E-state index in [0.717, 1.165) is 6.42 Å². The predicted molar refractivity (Wildman–Crippen MR) is 73.1 cm³/mol. The van der Waals surface area contributed by atoms with Gasteiger partial charge in [-0.05, 0) is 18.8 Å². The minimum atomic E-state index is -0.928. The molecule has 0 aromatic heterocycles. The molecule has 1 fully saturated rings. The number of nitrogens with one attached hydrogen (secondary N) is 3. The van der Waals surface area contributed by atoms with Crippen molar-refractivity contribution < 1.29 is 19.5 Å². The summed E-state index contributed by atoms with van der Waals surface area (Å²) < 4.78 is 0. The molecule has 20 heavy (non-hydrogen) atoms. The summed E-state index contributed by atoms with van der Waals surface area (Å²) in [4.78, 5) is 33.6. The van der Waals surface area contributed by atoms with E-state index >= 15 is 0 Å². The number of carboxylic acids is 1. The maximum Gasteiger partial charge on any atom is 0.317 e. The second-order valence-corrected chi connectivity index (χ2v) is 5.52. The van der Waals surface area contributed by atoms with Gasteiger partial charge in [0, 0.05) is 19.0 Å². The van der Waals surface area contributed by atoms with Crippen LogP contribution in [0, 0.1) is 5.92 Å². The molecule has 114 valence electrons. The number of carbonyl (C=O) groups is 3. The zero-order chi connectivity index (χ0) is 15.1. The molecule has 1 heterocycles. The van der Waals surface area contributed by atoms with Crippen molar-refractivity contribution >= 4 is 17.8 Å². The Balaban J connectivity index is 2.44. The van der Waals surface area contributed by atoms with Crippen LogP contribution in [0.3, 0.4) is 0 Å². The molecule has 0 bridgehead atoms. The molecule has 2 amide bonds. The molecule has 0 aliphatic carbocycles. The zero-order valence-electron chi connectivity index (χ0n) is 11.9. The summed E-state index contributed by atoms with van der Waals surface area (Å²) in [6.45, 7) is 4.34. The van der Waals surface area contributed by atoms with E-state index in [9.17, 15) is 14.4 Å². The van der Waals surface area contributed by atoms with Crippen LogP contribution in [0.5, 0.6) is 0 Å². The first kappa shape index (κ1) is 16.4. The molecule has 1 aliphatic rings. The highest BCUT2D eigenvalue weighted by Crippen LogP contribution is 2.09. The molecule has 0 unspecified atom stereocenters. The fourth-order valence-corrected chi connectivity index (χ4v) is 2.23. The van der Waals surface area contributed by atoms with Crippen LogP contribution in [0.25, 0.3) is 0 Å². The summed E-state index contributed by atoms with van der Waals surface area (Å²) in [5.41, 5.74) is 0. The van der Waals surface area contributed by atoms with Gasteiger partial charge in [0.15, 0.2) is 0 Å².